The van der Waals surface area contributed by atoms with Crippen LogP contribution in [-0.4, -0.2) is 37.4 Å². The van der Waals surface area contributed by atoms with Crippen molar-refractivity contribution in [3.8, 4) is 0 Å². The van der Waals surface area contributed by atoms with Gasteiger partial charge in [-0.1, -0.05) is 0 Å². The molecule has 0 spiro atoms. The van der Waals surface area contributed by atoms with E-state index in [0.29, 0.717) is 19.6 Å². The molecule has 0 aromatic heterocycles. The lowest BCUT2D eigenvalue weighted by molar-refractivity contribution is -0.154. The largest absolute Gasteiger partial charge is 0.460 e. The van der Waals surface area contributed by atoms with E-state index in [-0.39, 0.29) is 12.1 Å². The zero-order valence-corrected chi connectivity index (χ0v) is 11.1. The highest BCUT2D eigenvalue weighted by molar-refractivity contribution is 5.70. The molecule has 0 heterocycles. The smallest absolute Gasteiger partial charge is 0.307 e. The highest BCUT2D eigenvalue weighted by Gasteiger charge is 2.15. The summed E-state index contributed by atoms with van der Waals surface area (Å²) in [6, 6.07) is 0. The quantitative estimate of drug-likeness (QED) is 0.535. The van der Waals surface area contributed by atoms with Crippen molar-refractivity contribution in [3.05, 3.63) is 0 Å². The third kappa shape index (κ3) is 11.5. The minimum atomic E-state index is -0.391. The maximum Gasteiger partial charge on any atom is 0.307 e. The first-order valence-corrected chi connectivity index (χ1v) is 5.85. The molecule has 0 radical (unpaired) electrons. The lowest BCUT2D eigenvalue weighted by Gasteiger charge is -2.19. The van der Waals surface area contributed by atoms with Crippen molar-refractivity contribution in [2.24, 2.45) is 0 Å². The zero-order valence-electron chi connectivity index (χ0n) is 11.1. The van der Waals surface area contributed by atoms with Crippen molar-refractivity contribution >= 4 is 5.97 Å². The Morgan fingerprint density at radius 2 is 1.88 bits per heavy atom. The molecule has 0 saturated carbocycles. The van der Waals surface area contributed by atoms with Crippen LogP contribution >= 0.6 is 0 Å². The highest BCUT2D eigenvalue weighted by Crippen LogP contribution is 2.07. The van der Waals surface area contributed by atoms with Crippen LogP contribution in [0, 0.1) is 0 Å². The van der Waals surface area contributed by atoms with Gasteiger partial charge in [0.05, 0.1) is 19.1 Å². The van der Waals surface area contributed by atoms with E-state index < -0.39 is 5.60 Å². The summed E-state index contributed by atoms with van der Waals surface area (Å²) in [5.74, 6) is -0.162. The van der Waals surface area contributed by atoms with Gasteiger partial charge in [-0.2, -0.15) is 0 Å². The average Bonchev–Trinajstić information content (AvgIpc) is 2.07. The van der Waals surface area contributed by atoms with Crippen LogP contribution in [0.25, 0.3) is 0 Å². The van der Waals surface area contributed by atoms with Gasteiger partial charge in [0.25, 0.3) is 0 Å². The molecule has 0 unspecified atom stereocenters. The summed E-state index contributed by atoms with van der Waals surface area (Å²) in [7, 11) is 0. The number of carbonyl (C=O) groups excluding carboxylic acids is 1. The van der Waals surface area contributed by atoms with Crippen LogP contribution in [0.5, 0.6) is 0 Å². The van der Waals surface area contributed by atoms with Crippen LogP contribution < -0.4 is 5.32 Å². The summed E-state index contributed by atoms with van der Waals surface area (Å²) in [5.41, 5.74) is -0.391. The fourth-order valence-corrected chi connectivity index (χ4v) is 1.07. The van der Waals surface area contributed by atoms with E-state index in [1.807, 2.05) is 34.6 Å². The van der Waals surface area contributed by atoms with Gasteiger partial charge in [0, 0.05) is 13.1 Å². The van der Waals surface area contributed by atoms with Crippen LogP contribution in [0.15, 0.2) is 0 Å². The minimum Gasteiger partial charge on any atom is -0.460 e. The van der Waals surface area contributed by atoms with E-state index in [2.05, 4.69) is 5.32 Å². The molecular weight excluding hydrogens is 206 g/mol. The molecular formula is C12H25NO3. The fourth-order valence-electron chi connectivity index (χ4n) is 1.07. The number of hydrogen-bond donors (Lipinski definition) is 1. The van der Waals surface area contributed by atoms with Gasteiger partial charge in [0.2, 0.25) is 0 Å². The summed E-state index contributed by atoms with van der Waals surface area (Å²) < 4.78 is 10.5. The van der Waals surface area contributed by atoms with Crippen LogP contribution in [-0.2, 0) is 14.3 Å². The lowest BCUT2D eigenvalue weighted by Crippen LogP contribution is -2.28. The van der Waals surface area contributed by atoms with Gasteiger partial charge in [-0.3, -0.25) is 4.79 Å². The monoisotopic (exact) mass is 231 g/mol. The predicted octanol–water partition coefficient (Wildman–Crippen LogP) is 1.73. The molecule has 0 saturated heterocycles. The highest BCUT2D eigenvalue weighted by atomic mass is 16.6. The standard InChI is InChI=1S/C12H25NO3/c1-10(2)15-9-8-13-7-6-11(14)16-12(3,4)5/h10,13H,6-9H2,1-5H3. The molecule has 4 nitrogen and oxygen atoms in total. The Labute approximate surface area is 98.7 Å². The molecule has 0 aliphatic heterocycles. The lowest BCUT2D eigenvalue weighted by atomic mass is 10.2. The van der Waals surface area contributed by atoms with Crippen LogP contribution in [0.4, 0.5) is 0 Å². The molecule has 0 aromatic carbocycles. The van der Waals surface area contributed by atoms with Crippen molar-refractivity contribution in [1.29, 1.82) is 0 Å². The summed E-state index contributed by atoms with van der Waals surface area (Å²) in [5, 5.41) is 3.13. The van der Waals surface area contributed by atoms with Crippen LogP contribution in [0.2, 0.25) is 0 Å². The first-order valence-electron chi connectivity index (χ1n) is 5.85. The van der Waals surface area contributed by atoms with Gasteiger partial charge in [-0.05, 0) is 34.6 Å². The van der Waals surface area contributed by atoms with Crippen LogP contribution in [0.1, 0.15) is 41.0 Å². The molecule has 0 aliphatic rings. The first kappa shape index (κ1) is 15.4. The fraction of sp³-hybridized carbons (Fsp3) is 0.917. The third-order valence-corrected chi connectivity index (χ3v) is 1.66. The molecule has 0 aromatic rings. The minimum absolute atomic E-state index is 0.162. The summed E-state index contributed by atoms with van der Waals surface area (Å²) in [6.45, 7) is 11.7. The van der Waals surface area contributed by atoms with Gasteiger partial charge in [0.15, 0.2) is 0 Å². The van der Waals surface area contributed by atoms with E-state index in [1.165, 1.54) is 0 Å². The Balaban J connectivity index is 3.35. The molecule has 0 rings (SSSR count). The maximum absolute atomic E-state index is 11.3. The maximum atomic E-state index is 11.3. The molecule has 4 heteroatoms. The molecule has 0 aliphatic carbocycles. The van der Waals surface area contributed by atoms with Gasteiger partial charge in [0.1, 0.15) is 5.60 Å². The second-order valence-corrected chi connectivity index (χ2v) is 5.01. The van der Waals surface area contributed by atoms with Crippen molar-refractivity contribution in [3.63, 3.8) is 0 Å². The summed E-state index contributed by atoms with van der Waals surface area (Å²) >= 11 is 0. The first-order chi connectivity index (χ1) is 7.31. The Hall–Kier alpha value is -0.610. The zero-order chi connectivity index (χ0) is 12.6. The average molecular weight is 231 g/mol. The number of nitrogens with one attached hydrogen (secondary N) is 1. The Bertz CT molecular complexity index is 197. The van der Waals surface area contributed by atoms with Gasteiger partial charge in [-0.15, -0.1) is 0 Å². The Kier molecular flexibility index (Phi) is 7.34. The third-order valence-electron chi connectivity index (χ3n) is 1.66. The molecule has 0 fully saturated rings. The van der Waals surface area contributed by atoms with Crippen LogP contribution in [0.3, 0.4) is 0 Å². The second-order valence-electron chi connectivity index (χ2n) is 5.01. The summed E-state index contributed by atoms with van der Waals surface area (Å²) in [6.07, 6.45) is 0.659. The van der Waals surface area contributed by atoms with E-state index in [9.17, 15) is 4.79 Å². The second kappa shape index (κ2) is 7.63. The number of esters is 1. The normalized spacial score (nSPS) is 11.9. The SMILES string of the molecule is CC(C)OCCNCCC(=O)OC(C)(C)C. The van der Waals surface area contributed by atoms with Gasteiger partial charge < -0.3 is 14.8 Å². The molecule has 0 amide bonds. The van der Waals surface area contributed by atoms with E-state index in [1.54, 1.807) is 0 Å². The van der Waals surface area contributed by atoms with Crippen molar-refractivity contribution < 1.29 is 14.3 Å². The number of hydrogen-bond acceptors (Lipinski definition) is 4. The molecule has 1 N–H and O–H groups in total. The number of rotatable bonds is 7. The number of carbonyl (C=O) groups is 1. The molecule has 0 atom stereocenters. The van der Waals surface area contributed by atoms with Gasteiger partial charge >= 0.3 is 5.97 Å². The molecule has 0 bridgehead atoms. The van der Waals surface area contributed by atoms with Crippen molar-refractivity contribution in [2.45, 2.75) is 52.7 Å². The van der Waals surface area contributed by atoms with E-state index in [0.717, 1.165) is 6.54 Å². The number of ether oxygens (including phenoxy) is 2. The Morgan fingerprint density at radius 3 is 2.38 bits per heavy atom. The topological polar surface area (TPSA) is 47.6 Å². The van der Waals surface area contributed by atoms with Gasteiger partial charge in [-0.25, -0.2) is 0 Å². The van der Waals surface area contributed by atoms with Crippen molar-refractivity contribution in [1.82, 2.24) is 5.32 Å². The predicted molar refractivity (Wildman–Crippen MR) is 64.4 cm³/mol. The molecule has 16 heavy (non-hydrogen) atoms. The van der Waals surface area contributed by atoms with Crippen molar-refractivity contribution in [2.75, 3.05) is 19.7 Å². The van der Waals surface area contributed by atoms with E-state index in [4.69, 9.17) is 9.47 Å². The Morgan fingerprint density at radius 1 is 1.25 bits per heavy atom. The summed E-state index contributed by atoms with van der Waals surface area (Å²) in [4.78, 5) is 11.3. The molecule has 96 valence electrons. The van der Waals surface area contributed by atoms with E-state index >= 15 is 0 Å².